The zero-order valence-corrected chi connectivity index (χ0v) is 14.2. The van der Waals surface area contributed by atoms with Crippen LogP contribution in [0.2, 0.25) is 0 Å². The summed E-state index contributed by atoms with van der Waals surface area (Å²) in [6.45, 7) is 12.9. The van der Waals surface area contributed by atoms with Gasteiger partial charge in [0, 0.05) is 42.5 Å². The molecule has 1 saturated heterocycles. The molecule has 0 aliphatic carbocycles. The molecule has 0 unspecified atom stereocenters. The minimum absolute atomic E-state index is 0.582. The maximum absolute atomic E-state index is 4.65. The van der Waals surface area contributed by atoms with Gasteiger partial charge in [0.15, 0.2) is 0 Å². The van der Waals surface area contributed by atoms with Crippen LogP contribution in [-0.2, 0) is 13.1 Å². The number of hydrogen-bond donors (Lipinski definition) is 1. The summed E-state index contributed by atoms with van der Waals surface area (Å²) in [6.07, 6.45) is 4.45. The van der Waals surface area contributed by atoms with Crippen molar-refractivity contribution in [2.24, 2.45) is 0 Å². The van der Waals surface area contributed by atoms with Crippen molar-refractivity contribution in [3.8, 4) is 0 Å². The number of hydrogen-bond acceptors (Lipinski definition) is 3. The van der Waals surface area contributed by atoms with Crippen molar-refractivity contribution >= 4 is 0 Å². The lowest BCUT2D eigenvalue weighted by atomic mass is 9.92. The van der Waals surface area contributed by atoms with Crippen LogP contribution in [-0.4, -0.2) is 38.0 Å². The maximum atomic E-state index is 4.65. The molecule has 1 fully saturated rings. The van der Waals surface area contributed by atoms with Gasteiger partial charge in [-0.1, -0.05) is 0 Å². The number of piperidine rings is 1. The van der Waals surface area contributed by atoms with Crippen LogP contribution in [0.25, 0.3) is 0 Å². The van der Waals surface area contributed by atoms with Crippen molar-refractivity contribution < 1.29 is 0 Å². The number of H-pyrrole nitrogens is 1. The van der Waals surface area contributed by atoms with Crippen molar-refractivity contribution in [2.75, 3.05) is 13.1 Å². The highest BCUT2D eigenvalue weighted by atomic mass is 15.3. The monoisotopic (exact) mass is 301 g/mol. The van der Waals surface area contributed by atoms with Gasteiger partial charge in [-0.2, -0.15) is 10.2 Å². The van der Waals surface area contributed by atoms with E-state index in [9.17, 15) is 0 Å². The van der Waals surface area contributed by atoms with Crippen LogP contribution in [0.1, 0.15) is 53.9 Å². The van der Waals surface area contributed by atoms with E-state index in [4.69, 9.17) is 0 Å². The van der Waals surface area contributed by atoms with Gasteiger partial charge >= 0.3 is 0 Å². The molecule has 0 radical (unpaired) electrons. The van der Waals surface area contributed by atoms with Gasteiger partial charge in [0.25, 0.3) is 0 Å². The Morgan fingerprint density at radius 3 is 2.77 bits per heavy atom. The predicted molar refractivity (Wildman–Crippen MR) is 88.0 cm³/mol. The first kappa shape index (κ1) is 15.3. The summed E-state index contributed by atoms with van der Waals surface area (Å²) in [5.41, 5.74) is 6.52. The number of aromatic nitrogens is 4. The molecule has 2 aromatic heterocycles. The second-order valence-corrected chi connectivity index (χ2v) is 6.51. The van der Waals surface area contributed by atoms with Crippen LogP contribution < -0.4 is 0 Å². The zero-order valence-electron chi connectivity index (χ0n) is 14.2. The summed E-state index contributed by atoms with van der Waals surface area (Å²) >= 11 is 0. The highest BCUT2D eigenvalue weighted by molar-refractivity contribution is 5.25. The lowest BCUT2D eigenvalue weighted by Crippen LogP contribution is -2.34. The average molecular weight is 301 g/mol. The first-order chi connectivity index (χ1) is 10.6. The second kappa shape index (κ2) is 6.24. The zero-order chi connectivity index (χ0) is 15.7. The van der Waals surface area contributed by atoms with Crippen molar-refractivity contribution in [1.29, 1.82) is 0 Å². The number of nitrogens with zero attached hydrogens (tertiary/aromatic N) is 4. The maximum Gasteiger partial charge on any atom is 0.0641 e. The van der Waals surface area contributed by atoms with Crippen LogP contribution in [0.5, 0.6) is 0 Å². The third kappa shape index (κ3) is 2.82. The van der Waals surface area contributed by atoms with Crippen molar-refractivity contribution in [3.63, 3.8) is 0 Å². The Bertz CT molecular complexity index is 640. The first-order valence-corrected chi connectivity index (χ1v) is 8.35. The van der Waals surface area contributed by atoms with E-state index in [0.29, 0.717) is 5.92 Å². The summed E-state index contributed by atoms with van der Waals surface area (Å²) in [4.78, 5) is 2.57. The van der Waals surface area contributed by atoms with Gasteiger partial charge in [-0.15, -0.1) is 0 Å². The number of likely N-dealkylation sites (tertiary alicyclic amines) is 1. The van der Waals surface area contributed by atoms with Crippen LogP contribution in [0.3, 0.4) is 0 Å². The van der Waals surface area contributed by atoms with Gasteiger partial charge in [-0.25, -0.2) is 0 Å². The Morgan fingerprint density at radius 1 is 1.32 bits per heavy atom. The molecule has 3 rings (SSSR count). The average Bonchev–Trinajstić information content (AvgIpc) is 3.06. The summed E-state index contributed by atoms with van der Waals surface area (Å²) in [5.74, 6) is 0.582. The molecule has 0 aromatic carbocycles. The Hall–Kier alpha value is -1.62. The lowest BCUT2D eigenvalue weighted by Gasteiger charge is -2.32. The molecule has 0 bridgehead atoms. The summed E-state index contributed by atoms with van der Waals surface area (Å²) in [6, 6.07) is 0. The van der Waals surface area contributed by atoms with E-state index in [-0.39, 0.29) is 0 Å². The fourth-order valence-corrected chi connectivity index (χ4v) is 3.70. The molecular formula is C17H27N5. The fourth-order valence-electron chi connectivity index (χ4n) is 3.70. The molecule has 1 aliphatic heterocycles. The quantitative estimate of drug-likeness (QED) is 0.944. The molecule has 5 nitrogen and oxygen atoms in total. The molecule has 3 heterocycles. The Labute approximate surface area is 132 Å². The van der Waals surface area contributed by atoms with Gasteiger partial charge in [-0.3, -0.25) is 14.7 Å². The summed E-state index contributed by atoms with van der Waals surface area (Å²) in [7, 11) is 0. The molecule has 0 amide bonds. The third-order valence-corrected chi connectivity index (χ3v) is 4.99. The van der Waals surface area contributed by atoms with Gasteiger partial charge in [0.05, 0.1) is 11.9 Å². The van der Waals surface area contributed by atoms with E-state index in [1.807, 2.05) is 6.20 Å². The topological polar surface area (TPSA) is 49.7 Å². The molecule has 1 N–H and O–H groups in total. The molecule has 1 aliphatic rings. The standard InChI is InChI=1S/C17H27N5/c1-5-22-14(4)16(13(3)20-22)11-21-8-6-7-15(10-21)17-12(2)9-18-19-17/h9,15H,5-8,10-11H2,1-4H3,(H,18,19)/t15-/m0/s1. The van der Waals surface area contributed by atoms with E-state index >= 15 is 0 Å². The number of nitrogens with one attached hydrogen (secondary N) is 1. The van der Waals surface area contributed by atoms with Crippen molar-refractivity contribution in [1.82, 2.24) is 24.9 Å². The second-order valence-electron chi connectivity index (χ2n) is 6.51. The van der Waals surface area contributed by atoms with Crippen LogP contribution in [0.15, 0.2) is 6.20 Å². The Morgan fingerprint density at radius 2 is 2.14 bits per heavy atom. The minimum atomic E-state index is 0.582. The largest absolute Gasteiger partial charge is 0.298 e. The Balaban J connectivity index is 1.73. The number of aromatic amines is 1. The molecule has 2 aromatic rings. The Kier molecular flexibility index (Phi) is 4.34. The van der Waals surface area contributed by atoms with E-state index in [1.165, 1.54) is 47.6 Å². The first-order valence-electron chi connectivity index (χ1n) is 8.35. The SMILES string of the molecule is CCn1nc(C)c(CN2CCC[C@H](c3[nH]ncc3C)C2)c1C. The fraction of sp³-hybridized carbons (Fsp3) is 0.647. The number of aryl methyl sites for hydroxylation is 3. The van der Waals surface area contributed by atoms with Crippen molar-refractivity contribution in [2.45, 2.75) is 59.5 Å². The molecule has 0 spiro atoms. The van der Waals surface area contributed by atoms with Gasteiger partial charge < -0.3 is 0 Å². The normalized spacial score (nSPS) is 19.7. The van der Waals surface area contributed by atoms with Crippen LogP contribution in [0, 0.1) is 20.8 Å². The van der Waals surface area contributed by atoms with E-state index < -0.39 is 0 Å². The smallest absolute Gasteiger partial charge is 0.0641 e. The van der Waals surface area contributed by atoms with E-state index in [0.717, 1.165) is 19.6 Å². The molecule has 1 atom stereocenters. The van der Waals surface area contributed by atoms with Gasteiger partial charge in [0.1, 0.15) is 0 Å². The lowest BCUT2D eigenvalue weighted by molar-refractivity contribution is 0.197. The summed E-state index contributed by atoms with van der Waals surface area (Å²) in [5, 5.41) is 12.0. The third-order valence-electron chi connectivity index (χ3n) is 4.99. The van der Waals surface area contributed by atoms with E-state index in [1.54, 1.807) is 0 Å². The van der Waals surface area contributed by atoms with Crippen molar-refractivity contribution in [3.05, 3.63) is 34.4 Å². The highest BCUT2D eigenvalue weighted by Gasteiger charge is 2.25. The molecule has 0 saturated carbocycles. The molecular weight excluding hydrogens is 274 g/mol. The molecule has 22 heavy (non-hydrogen) atoms. The van der Waals surface area contributed by atoms with Crippen LogP contribution >= 0.6 is 0 Å². The molecule has 5 heteroatoms. The van der Waals surface area contributed by atoms with Gasteiger partial charge in [-0.05, 0) is 52.6 Å². The van der Waals surface area contributed by atoms with E-state index in [2.05, 4.69) is 52.6 Å². The van der Waals surface area contributed by atoms with Crippen LogP contribution in [0.4, 0.5) is 0 Å². The number of rotatable bonds is 4. The molecule has 120 valence electrons. The minimum Gasteiger partial charge on any atom is -0.298 e. The van der Waals surface area contributed by atoms with Gasteiger partial charge in [0.2, 0.25) is 0 Å². The highest BCUT2D eigenvalue weighted by Crippen LogP contribution is 2.29. The summed E-state index contributed by atoms with van der Waals surface area (Å²) < 4.78 is 2.12. The predicted octanol–water partition coefficient (Wildman–Crippen LogP) is 2.93.